The molecule has 2 unspecified atom stereocenters. The molecule has 0 bridgehead atoms. The van der Waals surface area contributed by atoms with Crippen LogP contribution in [0.2, 0.25) is 0 Å². The lowest BCUT2D eigenvalue weighted by molar-refractivity contribution is 0.158. The molecule has 0 aliphatic carbocycles. The number of rotatable bonds is 3. The monoisotopic (exact) mass is 195 g/mol. The molecule has 1 heterocycles. The second-order valence-corrected chi connectivity index (χ2v) is 4.52. The average Bonchev–Trinajstić information content (AvgIpc) is 2.16. The lowest BCUT2D eigenvalue weighted by Crippen LogP contribution is -2.40. The summed E-state index contributed by atoms with van der Waals surface area (Å²) in [6.45, 7) is 5.43. The van der Waals surface area contributed by atoms with Gasteiger partial charge in [0.2, 0.25) is 0 Å². The van der Waals surface area contributed by atoms with Gasteiger partial charge in [-0.1, -0.05) is 0 Å². The quantitative estimate of drug-likeness (QED) is 0.677. The minimum Gasteiger partial charge on any atom is -0.306 e. The number of hydrogen-bond acceptors (Lipinski definition) is 3. The van der Waals surface area contributed by atoms with Gasteiger partial charge in [0.05, 0.1) is 12.1 Å². The smallest absolute Gasteiger partial charge is 0.0946 e. The van der Waals surface area contributed by atoms with Gasteiger partial charge in [0.1, 0.15) is 0 Å². The third-order valence-electron chi connectivity index (χ3n) is 3.12. The molecule has 0 radical (unpaired) electrons. The Kier molecular flexibility index (Phi) is 4.37. The van der Waals surface area contributed by atoms with Crippen LogP contribution >= 0.6 is 0 Å². The number of piperidine rings is 1. The van der Waals surface area contributed by atoms with Crippen LogP contribution in [0, 0.1) is 17.2 Å². The van der Waals surface area contributed by atoms with Crippen LogP contribution in [0.15, 0.2) is 0 Å². The minimum absolute atomic E-state index is 0.0437. The second-order valence-electron chi connectivity index (χ2n) is 4.52. The van der Waals surface area contributed by atoms with Crippen molar-refractivity contribution in [2.75, 3.05) is 33.7 Å². The molecule has 0 aromatic carbocycles. The second kappa shape index (κ2) is 5.33. The van der Waals surface area contributed by atoms with E-state index in [4.69, 9.17) is 5.26 Å². The normalized spacial score (nSPS) is 26.1. The van der Waals surface area contributed by atoms with E-state index in [2.05, 4.69) is 22.9 Å². The number of hydrogen-bond donors (Lipinski definition) is 0. The molecule has 1 aliphatic heterocycles. The van der Waals surface area contributed by atoms with Crippen LogP contribution in [0.1, 0.15) is 19.8 Å². The zero-order valence-corrected chi connectivity index (χ0v) is 9.53. The van der Waals surface area contributed by atoms with E-state index in [9.17, 15) is 0 Å². The summed E-state index contributed by atoms with van der Waals surface area (Å²) < 4.78 is 0. The largest absolute Gasteiger partial charge is 0.306 e. The molecule has 0 aromatic rings. The van der Waals surface area contributed by atoms with E-state index in [-0.39, 0.29) is 6.04 Å². The summed E-state index contributed by atoms with van der Waals surface area (Å²) in [5, 5.41) is 8.78. The summed E-state index contributed by atoms with van der Waals surface area (Å²) in [5.41, 5.74) is 0. The first-order valence-electron chi connectivity index (χ1n) is 5.42. The van der Waals surface area contributed by atoms with Gasteiger partial charge in [-0.2, -0.15) is 5.26 Å². The molecule has 3 heteroatoms. The third kappa shape index (κ3) is 3.28. The van der Waals surface area contributed by atoms with Crippen molar-refractivity contribution in [1.29, 1.82) is 5.26 Å². The van der Waals surface area contributed by atoms with E-state index in [0.717, 1.165) is 12.5 Å². The first-order valence-corrected chi connectivity index (χ1v) is 5.42. The molecule has 14 heavy (non-hydrogen) atoms. The molecule has 0 N–H and O–H groups in total. The van der Waals surface area contributed by atoms with Crippen LogP contribution in [-0.4, -0.2) is 49.6 Å². The fourth-order valence-electron chi connectivity index (χ4n) is 2.09. The number of nitriles is 1. The fourth-order valence-corrected chi connectivity index (χ4v) is 2.09. The highest BCUT2D eigenvalue weighted by Crippen LogP contribution is 2.16. The van der Waals surface area contributed by atoms with Crippen LogP contribution in [0.5, 0.6) is 0 Å². The Morgan fingerprint density at radius 1 is 1.64 bits per heavy atom. The molecule has 1 saturated heterocycles. The van der Waals surface area contributed by atoms with Crippen molar-refractivity contribution in [2.45, 2.75) is 25.8 Å². The molecule has 1 fully saturated rings. The van der Waals surface area contributed by atoms with Gasteiger partial charge >= 0.3 is 0 Å². The summed E-state index contributed by atoms with van der Waals surface area (Å²) in [6.07, 6.45) is 2.61. The molecular formula is C11H21N3. The first-order chi connectivity index (χ1) is 6.63. The number of likely N-dealkylation sites (tertiary alicyclic amines) is 1. The van der Waals surface area contributed by atoms with Crippen molar-refractivity contribution in [3.05, 3.63) is 0 Å². The van der Waals surface area contributed by atoms with Gasteiger partial charge in [-0.05, 0) is 46.3 Å². The topological polar surface area (TPSA) is 30.3 Å². The molecular weight excluding hydrogens is 174 g/mol. The van der Waals surface area contributed by atoms with E-state index in [1.54, 1.807) is 0 Å². The van der Waals surface area contributed by atoms with E-state index < -0.39 is 0 Å². The van der Waals surface area contributed by atoms with E-state index in [0.29, 0.717) is 0 Å². The summed E-state index contributed by atoms with van der Waals surface area (Å²) >= 11 is 0. The van der Waals surface area contributed by atoms with Gasteiger partial charge in [0.15, 0.2) is 0 Å². The molecule has 2 atom stereocenters. The maximum absolute atomic E-state index is 8.78. The predicted octanol–water partition coefficient (Wildman–Crippen LogP) is 1.17. The lowest BCUT2D eigenvalue weighted by atomic mass is 9.97. The molecule has 0 amide bonds. The Labute approximate surface area is 87.3 Å². The highest BCUT2D eigenvalue weighted by atomic mass is 15.1. The molecule has 1 rings (SSSR count). The van der Waals surface area contributed by atoms with Gasteiger partial charge in [-0.3, -0.25) is 4.90 Å². The van der Waals surface area contributed by atoms with E-state index in [1.165, 1.54) is 25.9 Å². The Hall–Kier alpha value is -0.590. The van der Waals surface area contributed by atoms with Crippen LogP contribution in [-0.2, 0) is 0 Å². The third-order valence-corrected chi connectivity index (χ3v) is 3.12. The molecule has 0 spiro atoms. The van der Waals surface area contributed by atoms with Crippen LogP contribution < -0.4 is 0 Å². The maximum Gasteiger partial charge on any atom is 0.0946 e. The molecule has 0 aromatic heterocycles. The van der Waals surface area contributed by atoms with Crippen LogP contribution in [0.3, 0.4) is 0 Å². The van der Waals surface area contributed by atoms with Crippen LogP contribution in [0.25, 0.3) is 0 Å². The molecule has 3 nitrogen and oxygen atoms in total. The van der Waals surface area contributed by atoms with Crippen LogP contribution in [0.4, 0.5) is 0 Å². The van der Waals surface area contributed by atoms with Gasteiger partial charge < -0.3 is 4.90 Å². The summed E-state index contributed by atoms with van der Waals surface area (Å²) in [5.74, 6) is 0.745. The predicted molar refractivity (Wildman–Crippen MR) is 57.9 cm³/mol. The Morgan fingerprint density at radius 3 is 2.93 bits per heavy atom. The van der Waals surface area contributed by atoms with Gasteiger partial charge in [0.25, 0.3) is 0 Å². The Balaban J connectivity index is 2.33. The summed E-state index contributed by atoms with van der Waals surface area (Å²) in [6, 6.07) is 2.32. The van der Waals surface area contributed by atoms with Crippen molar-refractivity contribution in [1.82, 2.24) is 9.80 Å². The highest BCUT2D eigenvalue weighted by Gasteiger charge is 2.20. The zero-order chi connectivity index (χ0) is 10.6. The highest BCUT2D eigenvalue weighted by molar-refractivity contribution is 4.87. The van der Waals surface area contributed by atoms with E-state index >= 15 is 0 Å². The molecule has 80 valence electrons. The summed E-state index contributed by atoms with van der Waals surface area (Å²) in [4.78, 5) is 4.54. The van der Waals surface area contributed by atoms with Gasteiger partial charge in [-0.15, -0.1) is 0 Å². The van der Waals surface area contributed by atoms with Gasteiger partial charge in [0, 0.05) is 13.1 Å². The number of nitrogens with zero attached hydrogens (tertiary/aromatic N) is 3. The molecule has 0 saturated carbocycles. The Morgan fingerprint density at radius 2 is 2.36 bits per heavy atom. The van der Waals surface area contributed by atoms with Crippen molar-refractivity contribution in [3.8, 4) is 6.07 Å². The Bertz CT molecular complexity index is 209. The van der Waals surface area contributed by atoms with Crippen molar-refractivity contribution < 1.29 is 0 Å². The SMILES string of the molecule is CC(C#N)N(C)CC1CCCN(C)C1. The fraction of sp³-hybridized carbons (Fsp3) is 0.909. The van der Waals surface area contributed by atoms with Crippen molar-refractivity contribution >= 4 is 0 Å². The lowest BCUT2D eigenvalue weighted by Gasteiger charge is -2.33. The van der Waals surface area contributed by atoms with Gasteiger partial charge in [-0.25, -0.2) is 0 Å². The zero-order valence-electron chi connectivity index (χ0n) is 9.53. The first kappa shape index (κ1) is 11.5. The molecule has 1 aliphatic rings. The maximum atomic E-state index is 8.78. The average molecular weight is 195 g/mol. The minimum atomic E-state index is 0.0437. The standard InChI is InChI=1S/C11H21N3/c1-10(7-12)14(3)9-11-5-4-6-13(2)8-11/h10-11H,4-6,8-9H2,1-3H3. The summed E-state index contributed by atoms with van der Waals surface area (Å²) in [7, 11) is 4.22. The van der Waals surface area contributed by atoms with Crippen molar-refractivity contribution in [3.63, 3.8) is 0 Å². The van der Waals surface area contributed by atoms with E-state index in [1.807, 2.05) is 14.0 Å². The van der Waals surface area contributed by atoms with Crippen molar-refractivity contribution in [2.24, 2.45) is 5.92 Å².